The van der Waals surface area contributed by atoms with E-state index in [4.69, 9.17) is 4.74 Å². The fourth-order valence-corrected chi connectivity index (χ4v) is 2.48. The monoisotopic (exact) mass is 258 g/mol. The zero-order chi connectivity index (χ0) is 13.1. The Morgan fingerprint density at radius 1 is 1.37 bits per heavy atom. The molecule has 102 valence electrons. The van der Waals surface area contributed by atoms with Crippen LogP contribution < -0.4 is 4.74 Å². The molecule has 0 aromatic carbocycles. The molecule has 1 saturated carbocycles. The number of pyridine rings is 1. The van der Waals surface area contributed by atoms with E-state index in [0.29, 0.717) is 5.92 Å². The summed E-state index contributed by atoms with van der Waals surface area (Å²) in [6, 6.07) is 2.09. The minimum absolute atomic E-state index is 0.682. The third-order valence-electron chi connectivity index (χ3n) is 3.91. The second-order valence-corrected chi connectivity index (χ2v) is 5.88. The summed E-state index contributed by atoms with van der Waals surface area (Å²) in [5.41, 5.74) is 1.14. The first-order valence-electron chi connectivity index (χ1n) is 7.24. The van der Waals surface area contributed by atoms with Crippen molar-refractivity contribution in [1.82, 2.24) is 9.88 Å². The predicted molar refractivity (Wildman–Crippen MR) is 77.1 cm³/mol. The van der Waals surface area contributed by atoms with Gasteiger partial charge < -0.3 is 9.64 Å². The number of likely N-dealkylation sites (tertiary alicyclic amines) is 1. The van der Waals surface area contributed by atoms with Gasteiger partial charge in [-0.2, -0.15) is 0 Å². The Hall–Kier alpha value is -1.35. The van der Waals surface area contributed by atoms with Crippen LogP contribution in [-0.2, 0) is 0 Å². The molecule has 2 heterocycles. The quantitative estimate of drug-likeness (QED) is 0.812. The lowest BCUT2D eigenvalue weighted by atomic mass is 10.1. The maximum absolute atomic E-state index is 5.75. The van der Waals surface area contributed by atoms with Crippen LogP contribution in [0.5, 0.6) is 5.75 Å². The molecule has 2 fully saturated rings. The zero-order valence-electron chi connectivity index (χ0n) is 11.6. The smallest absolute Gasteiger partial charge is 0.138 e. The van der Waals surface area contributed by atoms with Crippen molar-refractivity contribution in [2.24, 2.45) is 11.8 Å². The molecule has 0 N–H and O–H groups in total. The maximum Gasteiger partial charge on any atom is 0.138 e. The molecular formula is C16H22N2O. The summed E-state index contributed by atoms with van der Waals surface area (Å²) in [5, 5.41) is 0. The number of hydrogen-bond acceptors (Lipinski definition) is 3. The highest BCUT2D eigenvalue weighted by Crippen LogP contribution is 2.29. The van der Waals surface area contributed by atoms with Crippen molar-refractivity contribution >= 4 is 6.08 Å². The SMILES string of the molecule is CN1CC[C@H](/C=C/c2cncc(OCC3CC3)c2)C1. The lowest BCUT2D eigenvalue weighted by Gasteiger charge is -2.06. The van der Waals surface area contributed by atoms with Crippen LogP contribution in [0.1, 0.15) is 24.8 Å². The Morgan fingerprint density at radius 2 is 2.26 bits per heavy atom. The van der Waals surface area contributed by atoms with E-state index in [1.165, 1.54) is 32.4 Å². The molecule has 1 saturated heterocycles. The molecule has 0 radical (unpaired) electrons. The van der Waals surface area contributed by atoms with Crippen molar-refractivity contribution in [2.75, 3.05) is 26.7 Å². The summed E-state index contributed by atoms with van der Waals surface area (Å²) >= 11 is 0. The largest absolute Gasteiger partial charge is 0.492 e. The molecule has 1 aliphatic carbocycles. The number of nitrogens with zero attached hydrogens (tertiary/aromatic N) is 2. The number of aromatic nitrogens is 1. The third kappa shape index (κ3) is 3.80. The molecule has 1 atom stereocenters. The molecule has 3 heteroatoms. The van der Waals surface area contributed by atoms with Gasteiger partial charge in [0, 0.05) is 12.7 Å². The number of ether oxygens (including phenoxy) is 1. The first kappa shape index (κ1) is 12.7. The lowest BCUT2D eigenvalue weighted by Crippen LogP contribution is -2.13. The van der Waals surface area contributed by atoms with E-state index < -0.39 is 0 Å². The Bertz CT molecular complexity index is 454. The van der Waals surface area contributed by atoms with Crippen molar-refractivity contribution in [3.63, 3.8) is 0 Å². The van der Waals surface area contributed by atoms with Gasteiger partial charge in [0.1, 0.15) is 5.75 Å². The minimum Gasteiger partial charge on any atom is -0.492 e. The molecule has 2 aliphatic rings. The molecule has 0 amide bonds. The molecular weight excluding hydrogens is 236 g/mol. The zero-order valence-corrected chi connectivity index (χ0v) is 11.6. The van der Waals surface area contributed by atoms with Gasteiger partial charge in [-0.1, -0.05) is 12.2 Å². The van der Waals surface area contributed by atoms with E-state index in [-0.39, 0.29) is 0 Å². The number of rotatable bonds is 5. The van der Waals surface area contributed by atoms with Crippen LogP contribution in [0, 0.1) is 11.8 Å². The predicted octanol–water partition coefficient (Wildman–Crippen LogP) is 2.84. The van der Waals surface area contributed by atoms with Crippen LogP contribution in [0.25, 0.3) is 6.08 Å². The number of hydrogen-bond donors (Lipinski definition) is 0. The van der Waals surface area contributed by atoms with E-state index in [0.717, 1.165) is 23.8 Å². The van der Waals surface area contributed by atoms with Gasteiger partial charge in [-0.3, -0.25) is 4.98 Å². The van der Waals surface area contributed by atoms with E-state index >= 15 is 0 Å². The highest BCUT2D eigenvalue weighted by molar-refractivity contribution is 5.50. The lowest BCUT2D eigenvalue weighted by molar-refractivity contribution is 0.298. The molecule has 19 heavy (non-hydrogen) atoms. The van der Waals surface area contributed by atoms with Gasteiger partial charge in [0.15, 0.2) is 0 Å². The normalized spacial score (nSPS) is 24.2. The second-order valence-electron chi connectivity index (χ2n) is 5.88. The third-order valence-corrected chi connectivity index (χ3v) is 3.91. The van der Waals surface area contributed by atoms with Gasteiger partial charge in [-0.05, 0) is 56.3 Å². The first-order valence-corrected chi connectivity index (χ1v) is 7.24. The summed E-state index contributed by atoms with van der Waals surface area (Å²) in [7, 11) is 2.18. The van der Waals surface area contributed by atoms with Crippen LogP contribution in [0.3, 0.4) is 0 Å². The van der Waals surface area contributed by atoms with E-state index in [2.05, 4.69) is 35.1 Å². The van der Waals surface area contributed by atoms with Crippen LogP contribution in [-0.4, -0.2) is 36.6 Å². The van der Waals surface area contributed by atoms with Crippen LogP contribution in [0.4, 0.5) is 0 Å². The average Bonchev–Trinajstić information content (AvgIpc) is 3.16. The van der Waals surface area contributed by atoms with Crippen molar-refractivity contribution in [3.8, 4) is 5.75 Å². The van der Waals surface area contributed by atoms with E-state index in [9.17, 15) is 0 Å². The van der Waals surface area contributed by atoms with Crippen molar-refractivity contribution in [3.05, 3.63) is 30.1 Å². The standard InChI is InChI=1S/C16H22N2O/c1-18-7-6-13(11-18)2-5-15-8-16(10-17-9-15)19-12-14-3-4-14/h2,5,8-10,13-14H,3-4,6-7,11-12H2,1H3/b5-2+/t13-/m0/s1. The molecule has 3 nitrogen and oxygen atoms in total. The highest BCUT2D eigenvalue weighted by atomic mass is 16.5. The van der Waals surface area contributed by atoms with Crippen molar-refractivity contribution in [2.45, 2.75) is 19.3 Å². The fraction of sp³-hybridized carbons (Fsp3) is 0.562. The Labute approximate surface area is 115 Å². The summed E-state index contributed by atoms with van der Waals surface area (Å²) in [5.74, 6) is 2.37. The van der Waals surface area contributed by atoms with Gasteiger partial charge in [-0.25, -0.2) is 0 Å². The van der Waals surface area contributed by atoms with Crippen molar-refractivity contribution < 1.29 is 4.74 Å². The fourth-order valence-electron chi connectivity index (χ4n) is 2.48. The topological polar surface area (TPSA) is 25.4 Å². The first-order chi connectivity index (χ1) is 9.29. The molecule has 3 rings (SSSR count). The van der Waals surface area contributed by atoms with Gasteiger partial charge in [-0.15, -0.1) is 0 Å². The summed E-state index contributed by atoms with van der Waals surface area (Å²) in [6.45, 7) is 3.22. The second kappa shape index (κ2) is 5.74. The van der Waals surface area contributed by atoms with E-state index in [1.54, 1.807) is 0 Å². The Balaban J connectivity index is 1.57. The van der Waals surface area contributed by atoms with E-state index in [1.807, 2.05) is 12.4 Å². The molecule has 1 aromatic heterocycles. The Morgan fingerprint density at radius 3 is 3.00 bits per heavy atom. The van der Waals surface area contributed by atoms with Crippen LogP contribution in [0.15, 0.2) is 24.5 Å². The summed E-state index contributed by atoms with van der Waals surface area (Å²) < 4.78 is 5.75. The van der Waals surface area contributed by atoms with Crippen LogP contribution >= 0.6 is 0 Å². The van der Waals surface area contributed by atoms with Crippen LogP contribution in [0.2, 0.25) is 0 Å². The van der Waals surface area contributed by atoms with Gasteiger partial charge >= 0.3 is 0 Å². The Kier molecular flexibility index (Phi) is 3.83. The molecule has 0 spiro atoms. The molecule has 1 aliphatic heterocycles. The summed E-state index contributed by atoms with van der Waals surface area (Å²) in [4.78, 5) is 6.63. The molecule has 0 unspecified atom stereocenters. The summed E-state index contributed by atoms with van der Waals surface area (Å²) in [6.07, 6.45) is 12.1. The maximum atomic E-state index is 5.75. The average molecular weight is 258 g/mol. The molecule has 0 bridgehead atoms. The van der Waals surface area contributed by atoms with Crippen molar-refractivity contribution in [1.29, 1.82) is 0 Å². The highest BCUT2D eigenvalue weighted by Gasteiger charge is 2.21. The van der Waals surface area contributed by atoms with Gasteiger partial charge in [0.25, 0.3) is 0 Å². The minimum atomic E-state index is 0.682. The van der Waals surface area contributed by atoms with Gasteiger partial charge in [0.05, 0.1) is 12.8 Å². The van der Waals surface area contributed by atoms with Gasteiger partial charge in [0.2, 0.25) is 0 Å². The molecule has 1 aromatic rings.